The van der Waals surface area contributed by atoms with E-state index in [0.29, 0.717) is 0 Å². The second-order valence-corrected chi connectivity index (χ2v) is 14.5. The summed E-state index contributed by atoms with van der Waals surface area (Å²) < 4.78 is 0. The zero-order chi connectivity index (χ0) is 26.6. The van der Waals surface area contributed by atoms with Gasteiger partial charge in [-0.1, -0.05) is 149 Å². The van der Waals surface area contributed by atoms with E-state index >= 15 is 0 Å². The molecule has 4 aromatic carbocycles. The van der Waals surface area contributed by atoms with Crippen LogP contribution in [0.3, 0.4) is 0 Å². The van der Waals surface area contributed by atoms with Crippen LogP contribution in [0.5, 0.6) is 0 Å². The van der Waals surface area contributed by atoms with Gasteiger partial charge in [-0.2, -0.15) is 0 Å². The first-order valence-electron chi connectivity index (χ1n) is 14.0. The van der Waals surface area contributed by atoms with E-state index in [2.05, 4.69) is 152 Å². The number of unbranched alkanes of at least 4 members (excludes halogenated alkanes) is 1. The maximum absolute atomic E-state index is 3.05. The Bertz CT molecular complexity index is 1070. The van der Waals surface area contributed by atoms with E-state index in [1.54, 1.807) is 0 Å². The average Bonchev–Trinajstić information content (AvgIpc) is 2.99. The number of aryl methyl sites for hydroxylation is 1. The van der Waals surface area contributed by atoms with Crippen molar-refractivity contribution in [2.45, 2.75) is 65.0 Å². The lowest BCUT2D eigenvalue weighted by atomic mass is 9.88. The predicted octanol–water partition coefficient (Wildman–Crippen LogP) is 8.92. The zero-order valence-electron chi connectivity index (χ0n) is 23.2. The van der Waals surface area contributed by atoms with Crippen molar-refractivity contribution >= 4 is 32.4 Å². The van der Waals surface area contributed by atoms with E-state index in [0.717, 1.165) is 6.42 Å². The molecule has 0 aliphatic rings. The molecule has 1 radical (unpaired) electrons. The number of hydrogen-bond acceptors (Lipinski definition) is 0. The summed E-state index contributed by atoms with van der Waals surface area (Å²) in [5.41, 5.74) is 3.00. The van der Waals surface area contributed by atoms with E-state index in [1.807, 2.05) is 0 Å². The zero-order valence-corrected chi connectivity index (χ0v) is 25.3. The Morgan fingerprint density at radius 3 is 1.35 bits per heavy atom. The summed E-state index contributed by atoms with van der Waals surface area (Å²) in [5, 5.41) is 4.76. The third-order valence-electron chi connectivity index (χ3n) is 7.63. The molecule has 0 aliphatic heterocycles. The van der Waals surface area contributed by atoms with Crippen LogP contribution < -0.4 is 15.9 Å². The topological polar surface area (TPSA) is 0 Å². The fourth-order valence-electron chi connectivity index (χ4n) is 5.22. The summed E-state index contributed by atoms with van der Waals surface area (Å²) in [6.45, 7) is 9.05. The Morgan fingerprint density at radius 1 is 0.568 bits per heavy atom. The van der Waals surface area contributed by atoms with Crippen molar-refractivity contribution in [3.63, 3.8) is 0 Å². The highest BCUT2D eigenvalue weighted by Gasteiger charge is 2.32. The Morgan fingerprint density at radius 2 is 0.973 bits per heavy atom. The van der Waals surface area contributed by atoms with Gasteiger partial charge in [0.25, 0.3) is 0 Å². The monoisotopic (exact) mass is 527 g/mol. The van der Waals surface area contributed by atoms with Crippen molar-refractivity contribution in [2.75, 3.05) is 6.16 Å². The van der Waals surface area contributed by atoms with Crippen LogP contribution in [-0.2, 0) is 11.6 Å². The normalized spacial score (nSPS) is 11.5. The quantitative estimate of drug-likeness (QED) is 0.181. The van der Waals surface area contributed by atoms with Crippen LogP contribution in [0.2, 0.25) is 0 Å². The van der Waals surface area contributed by atoms with Crippen molar-refractivity contribution in [3.8, 4) is 0 Å². The van der Waals surface area contributed by atoms with Crippen molar-refractivity contribution in [3.05, 3.63) is 126 Å². The lowest BCUT2D eigenvalue weighted by Gasteiger charge is -2.38. The van der Waals surface area contributed by atoms with E-state index in [-0.39, 0.29) is 5.16 Å². The summed E-state index contributed by atoms with van der Waals surface area (Å²) >= 11 is 0. The maximum Gasteiger partial charge on any atom is 0.00950 e. The van der Waals surface area contributed by atoms with Crippen molar-refractivity contribution in [1.82, 2.24) is 0 Å². The van der Waals surface area contributed by atoms with Crippen LogP contribution in [0.25, 0.3) is 0 Å². The highest BCUT2D eigenvalue weighted by molar-refractivity contribution is 7.95. The minimum Gasteiger partial charge on any atom is -0.126 e. The molecule has 0 aromatic heterocycles. The number of hydrogen-bond donors (Lipinski definition) is 0. The van der Waals surface area contributed by atoms with Crippen molar-refractivity contribution in [1.29, 1.82) is 0 Å². The van der Waals surface area contributed by atoms with E-state index in [9.17, 15) is 0 Å². The number of benzene rings is 4. The SMILES string of the molecule is CCCC[P](c1ccccc1)(c1ccccc1)c1ccccc1.CCc1ccccc1C(P)(CC)CC. The minimum atomic E-state index is -1.57. The van der Waals surface area contributed by atoms with Crippen LogP contribution >= 0.6 is 16.5 Å². The molecular weight excluding hydrogens is 482 g/mol. The first-order valence-corrected chi connectivity index (χ1v) is 16.5. The highest BCUT2D eigenvalue weighted by atomic mass is 31.2. The minimum absolute atomic E-state index is 0.284. The molecule has 0 aliphatic carbocycles. The van der Waals surface area contributed by atoms with Gasteiger partial charge < -0.3 is 0 Å². The molecule has 0 heterocycles. The van der Waals surface area contributed by atoms with Gasteiger partial charge >= 0.3 is 0 Å². The molecule has 4 aromatic rings. The first-order chi connectivity index (χ1) is 18.1. The fraction of sp³-hybridized carbons (Fsp3) is 0.314. The van der Waals surface area contributed by atoms with E-state index in [4.69, 9.17) is 0 Å². The molecule has 0 nitrogen and oxygen atoms in total. The van der Waals surface area contributed by atoms with Gasteiger partial charge in [0.15, 0.2) is 0 Å². The summed E-state index contributed by atoms with van der Waals surface area (Å²) in [7, 11) is 1.48. The predicted molar refractivity (Wildman–Crippen MR) is 173 cm³/mol. The van der Waals surface area contributed by atoms with Gasteiger partial charge in [-0.05, 0) is 66.1 Å². The van der Waals surface area contributed by atoms with Crippen molar-refractivity contribution < 1.29 is 0 Å². The van der Waals surface area contributed by atoms with Crippen LogP contribution in [-0.4, -0.2) is 6.16 Å². The van der Waals surface area contributed by atoms with Crippen LogP contribution in [0.15, 0.2) is 115 Å². The van der Waals surface area contributed by atoms with E-state index < -0.39 is 7.26 Å². The van der Waals surface area contributed by atoms with Gasteiger partial charge in [0.1, 0.15) is 0 Å². The molecule has 0 N–H and O–H groups in total. The van der Waals surface area contributed by atoms with Gasteiger partial charge in [-0.25, -0.2) is 0 Å². The molecule has 0 amide bonds. The molecule has 0 spiro atoms. The molecule has 1 atom stereocenters. The van der Waals surface area contributed by atoms with Gasteiger partial charge in [0.2, 0.25) is 0 Å². The van der Waals surface area contributed by atoms with Gasteiger partial charge in [-0.15, -0.1) is 9.24 Å². The second-order valence-electron chi connectivity index (χ2n) is 9.77. The largest absolute Gasteiger partial charge is 0.126 e. The second kappa shape index (κ2) is 14.6. The molecule has 0 saturated heterocycles. The van der Waals surface area contributed by atoms with Crippen LogP contribution in [0.4, 0.5) is 0 Å². The van der Waals surface area contributed by atoms with Gasteiger partial charge in [0.05, 0.1) is 0 Å². The number of rotatable bonds is 10. The van der Waals surface area contributed by atoms with Crippen LogP contribution in [0, 0.1) is 0 Å². The molecule has 0 bridgehead atoms. The standard InChI is InChI=1S/C22H24P.C13H21P/c1-2-3-19-23(20-13-7-4-8-14-20,21-15-9-5-10-16-21)22-17-11-6-12-18-22;1-4-11-9-7-8-10-12(11)13(14,5-2)6-3/h4-18H,2-3,19H2,1H3;7-10H,4-6,14H2,1-3H3. The third-order valence-corrected chi connectivity index (χ3v) is 13.3. The van der Waals surface area contributed by atoms with Gasteiger partial charge in [0, 0.05) is 5.16 Å². The summed E-state index contributed by atoms with van der Waals surface area (Å²) in [4.78, 5) is 0. The Kier molecular flexibility index (Phi) is 11.6. The molecule has 4 rings (SSSR count). The Hall–Kier alpha value is -2.26. The summed E-state index contributed by atoms with van der Waals surface area (Å²) in [6.07, 6.45) is 7.23. The van der Waals surface area contributed by atoms with E-state index in [1.165, 1.54) is 58.9 Å². The molecule has 37 heavy (non-hydrogen) atoms. The Balaban J connectivity index is 0.000000233. The first kappa shape index (κ1) is 29.3. The van der Waals surface area contributed by atoms with Crippen molar-refractivity contribution in [2.24, 2.45) is 0 Å². The molecular formula is C35H45P2. The molecule has 0 fully saturated rings. The lowest BCUT2D eigenvalue weighted by molar-refractivity contribution is 0.573. The maximum atomic E-state index is 3.05. The van der Waals surface area contributed by atoms with Crippen LogP contribution in [0.1, 0.15) is 64.5 Å². The van der Waals surface area contributed by atoms with Gasteiger partial charge in [-0.3, -0.25) is 0 Å². The molecule has 195 valence electrons. The molecule has 2 heteroatoms. The third kappa shape index (κ3) is 6.99. The lowest BCUT2D eigenvalue weighted by Crippen LogP contribution is -2.33. The smallest absolute Gasteiger partial charge is 0.00950 e. The Labute approximate surface area is 229 Å². The molecule has 0 saturated carbocycles. The fourth-order valence-corrected chi connectivity index (χ4v) is 10.0. The summed E-state index contributed by atoms with van der Waals surface area (Å²) in [6, 6.07) is 42.2. The molecule has 1 unspecified atom stereocenters. The average molecular weight is 528 g/mol. The highest BCUT2D eigenvalue weighted by Crippen LogP contribution is 2.55. The summed E-state index contributed by atoms with van der Waals surface area (Å²) in [5.74, 6) is 0.